The van der Waals surface area contributed by atoms with Gasteiger partial charge in [0.1, 0.15) is 0 Å². The number of hydrogen-bond donors (Lipinski definition) is 2. The van der Waals surface area contributed by atoms with E-state index in [4.69, 9.17) is 0 Å². The predicted octanol–water partition coefficient (Wildman–Crippen LogP) is 3.96. The van der Waals surface area contributed by atoms with E-state index in [0.29, 0.717) is 12.0 Å². The first-order valence-corrected chi connectivity index (χ1v) is 12.6. The number of aliphatic hydroxyl groups is 1. The standard InChI is InChI=1S/C27H39N3O2/c1-20(2)8-7-9-21-12-14-22(15-13-21)26-24-18-29(27(32)28-23-10-3-4-11-23)16-5-6-17-30(24)25(26)19-31/h12-15,20,23-26,31H,3-6,8,10-11,16-19H2,1-2H3,(H,28,32)/t24-,25-,26-/m0/s1. The van der Waals surface area contributed by atoms with Crippen molar-refractivity contribution in [3.63, 3.8) is 0 Å². The maximum Gasteiger partial charge on any atom is 0.317 e. The summed E-state index contributed by atoms with van der Waals surface area (Å²) in [6.07, 6.45) is 7.66. The Morgan fingerprint density at radius 2 is 1.84 bits per heavy atom. The summed E-state index contributed by atoms with van der Waals surface area (Å²) in [6.45, 7) is 7.08. The minimum absolute atomic E-state index is 0.0979. The van der Waals surface area contributed by atoms with Gasteiger partial charge in [0.25, 0.3) is 0 Å². The van der Waals surface area contributed by atoms with Gasteiger partial charge in [0.15, 0.2) is 0 Å². The minimum Gasteiger partial charge on any atom is -0.395 e. The number of urea groups is 1. The number of hydrogen-bond acceptors (Lipinski definition) is 3. The molecule has 0 unspecified atom stereocenters. The predicted molar refractivity (Wildman–Crippen MR) is 128 cm³/mol. The Bertz CT molecular complexity index is 820. The average Bonchev–Trinajstić information content (AvgIpc) is 3.26. The van der Waals surface area contributed by atoms with Crippen molar-refractivity contribution in [2.45, 2.75) is 82.8 Å². The van der Waals surface area contributed by atoms with E-state index in [1.54, 1.807) is 0 Å². The first-order valence-electron chi connectivity index (χ1n) is 12.6. The summed E-state index contributed by atoms with van der Waals surface area (Å²) in [5.41, 5.74) is 2.29. The van der Waals surface area contributed by atoms with Gasteiger partial charge in [-0.25, -0.2) is 4.79 Å². The normalized spacial score (nSPS) is 26.5. The highest BCUT2D eigenvalue weighted by Crippen LogP contribution is 2.42. The molecule has 1 aliphatic carbocycles. The molecule has 3 aliphatic rings. The van der Waals surface area contributed by atoms with Crippen molar-refractivity contribution in [1.29, 1.82) is 0 Å². The maximum absolute atomic E-state index is 13.0. The number of benzene rings is 1. The largest absolute Gasteiger partial charge is 0.395 e. The molecule has 2 saturated heterocycles. The second kappa shape index (κ2) is 10.7. The zero-order valence-electron chi connectivity index (χ0n) is 19.7. The molecule has 32 heavy (non-hydrogen) atoms. The van der Waals surface area contributed by atoms with Gasteiger partial charge in [-0.1, -0.05) is 50.7 Å². The van der Waals surface area contributed by atoms with Gasteiger partial charge in [0, 0.05) is 49.1 Å². The number of nitrogens with one attached hydrogen (secondary N) is 1. The molecule has 4 rings (SSSR count). The third kappa shape index (κ3) is 5.30. The van der Waals surface area contributed by atoms with E-state index in [1.807, 2.05) is 4.90 Å². The molecule has 2 amide bonds. The average molecular weight is 438 g/mol. The van der Waals surface area contributed by atoms with Crippen molar-refractivity contribution in [1.82, 2.24) is 15.1 Å². The minimum atomic E-state index is 0.0979. The van der Waals surface area contributed by atoms with E-state index in [0.717, 1.165) is 57.3 Å². The molecule has 0 spiro atoms. The summed E-state index contributed by atoms with van der Waals surface area (Å²) in [6, 6.07) is 9.39. The molecule has 2 aliphatic heterocycles. The van der Waals surface area contributed by atoms with Crippen LogP contribution in [-0.2, 0) is 0 Å². The smallest absolute Gasteiger partial charge is 0.317 e. The third-order valence-electron chi connectivity index (χ3n) is 7.38. The van der Waals surface area contributed by atoms with E-state index in [1.165, 1.54) is 18.4 Å². The fourth-order valence-electron chi connectivity index (χ4n) is 5.61. The summed E-state index contributed by atoms with van der Waals surface area (Å²) < 4.78 is 0. The van der Waals surface area contributed by atoms with E-state index >= 15 is 0 Å². The lowest BCUT2D eigenvalue weighted by molar-refractivity contribution is -0.0591. The first kappa shape index (κ1) is 23.1. The third-order valence-corrected chi connectivity index (χ3v) is 7.38. The molecule has 2 heterocycles. The molecule has 1 aromatic carbocycles. The summed E-state index contributed by atoms with van der Waals surface area (Å²) in [5, 5.41) is 13.4. The molecule has 0 aromatic heterocycles. The molecule has 174 valence electrons. The van der Waals surface area contributed by atoms with E-state index in [2.05, 4.69) is 60.2 Å². The first-order chi connectivity index (χ1) is 15.6. The van der Waals surface area contributed by atoms with Crippen molar-refractivity contribution < 1.29 is 9.90 Å². The summed E-state index contributed by atoms with van der Waals surface area (Å²) in [7, 11) is 0. The summed E-state index contributed by atoms with van der Waals surface area (Å²) in [4.78, 5) is 17.5. The van der Waals surface area contributed by atoms with Crippen LogP contribution in [0.25, 0.3) is 0 Å². The second-order valence-electron chi connectivity index (χ2n) is 10.2. The van der Waals surface area contributed by atoms with E-state index in [9.17, 15) is 9.90 Å². The quantitative estimate of drug-likeness (QED) is 0.701. The van der Waals surface area contributed by atoms with Crippen LogP contribution in [0.3, 0.4) is 0 Å². The van der Waals surface area contributed by atoms with Crippen molar-refractivity contribution in [3.8, 4) is 11.8 Å². The van der Waals surface area contributed by atoms with Gasteiger partial charge in [0.05, 0.1) is 6.61 Å². The van der Waals surface area contributed by atoms with Gasteiger partial charge in [0.2, 0.25) is 0 Å². The highest BCUT2D eigenvalue weighted by atomic mass is 16.3. The molecule has 0 radical (unpaired) electrons. The van der Waals surface area contributed by atoms with Crippen LogP contribution in [0.1, 0.15) is 75.8 Å². The lowest BCUT2D eigenvalue weighted by atomic mass is 9.74. The molecule has 1 aromatic rings. The van der Waals surface area contributed by atoms with Gasteiger partial charge in [-0.15, -0.1) is 0 Å². The van der Waals surface area contributed by atoms with Crippen LogP contribution in [0.15, 0.2) is 24.3 Å². The van der Waals surface area contributed by atoms with Crippen molar-refractivity contribution in [2.24, 2.45) is 5.92 Å². The van der Waals surface area contributed by atoms with Gasteiger partial charge < -0.3 is 15.3 Å². The molecular formula is C27H39N3O2. The van der Waals surface area contributed by atoms with Gasteiger partial charge in [-0.3, -0.25) is 4.90 Å². The Morgan fingerprint density at radius 3 is 2.53 bits per heavy atom. The van der Waals surface area contributed by atoms with E-state index < -0.39 is 0 Å². The fourth-order valence-corrected chi connectivity index (χ4v) is 5.61. The molecule has 3 fully saturated rings. The van der Waals surface area contributed by atoms with Crippen LogP contribution in [0.2, 0.25) is 0 Å². The van der Waals surface area contributed by atoms with Gasteiger partial charge in [-0.05, 0) is 55.8 Å². The zero-order chi connectivity index (χ0) is 22.5. The monoisotopic (exact) mass is 437 g/mol. The molecular weight excluding hydrogens is 398 g/mol. The number of carbonyl (C=O) groups excluding carboxylic acids is 1. The Hall–Kier alpha value is -2.03. The SMILES string of the molecule is CC(C)CC#Cc1ccc([C@@H]2[C@H](CO)N3CCCCN(C(=O)NC4CCCC4)C[C@@H]23)cc1. The van der Waals surface area contributed by atoms with Gasteiger partial charge >= 0.3 is 6.03 Å². The maximum atomic E-state index is 13.0. The summed E-state index contributed by atoms with van der Waals surface area (Å²) in [5.74, 6) is 7.35. The summed E-state index contributed by atoms with van der Waals surface area (Å²) >= 11 is 0. The number of nitrogens with zero attached hydrogens (tertiary/aromatic N) is 2. The second-order valence-corrected chi connectivity index (χ2v) is 10.2. The van der Waals surface area contributed by atoms with Crippen molar-refractivity contribution >= 4 is 6.03 Å². The Labute approximate surface area is 193 Å². The van der Waals surface area contributed by atoms with Gasteiger partial charge in [-0.2, -0.15) is 0 Å². The highest BCUT2D eigenvalue weighted by molar-refractivity contribution is 5.74. The van der Waals surface area contributed by atoms with Crippen LogP contribution in [-0.4, -0.2) is 65.3 Å². The molecule has 2 N–H and O–H groups in total. The molecule has 5 heteroatoms. The van der Waals surface area contributed by atoms with Crippen LogP contribution in [0.4, 0.5) is 4.79 Å². The lowest BCUT2D eigenvalue weighted by Crippen LogP contribution is -2.68. The Balaban J connectivity index is 1.46. The molecule has 5 nitrogen and oxygen atoms in total. The van der Waals surface area contributed by atoms with E-state index in [-0.39, 0.29) is 30.6 Å². The van der Waals surface area contributed by atoms with Crippen LogP contribution in [0.5, 0.6) is 0 Å². The van der Waals surface area contributed by atoms with Crippen LogP contribution in [0, 0.1) is 17.8 Å². The van der Waals surface area contributed by atoms with Crippen molar-refractivity contribution in [2.75, 3.05) is 26.2 Å². The number of amides is 2. The fraction of sp³-hybridized carbons (Fsp3) is 0.667. The Morgan fingerprint density at radius 1 is 1.12 bits per heavy atom. The molecule has 3 atom stereocenters. The number of aliphatic hydroxyl groups excluding tert-OH is 1. The lowest BCUT2D eigenvalue weighted by Gasteiger charge is -2.57. The zero-order valence-corrected chi connectivity index (χ0v) is 19.7. The number of fused-ring (bicyclic) bond motifs is 1. The van der Waals surface area contributed by atoms with Crippen molar-refractivity contribution in [3.05, 3.63) is 35.4 Å². The molecule has 0 bridgehead atoms. The van der Waals surface area contributed by atoms with Crippen LogP contribution < -0.4 is 5.32 Å². The highest BCUT2D eigenvalue weighted by Gasteiger charge is 2.49. The topological polar surface area (TPSA) is 55.8 Å². The number of carbonyl (C=O) groups is 1. The Kier molecular flexibility index (Phi) is 7.75. The molecule has 1 saturated carbocycles. The van der Waals surface area contributed by atoms with Crippen LogP contribution >= 0.6 is 0 Å². The number of rotatable bonds is 4.